The van der Waals surface area contributed by atoms with Crippen molar-refractivity contribution in [3.8, 4) is 17.5 Å². The van der Waals surface area contributed by atoms with E-state index in [9.17, 15) is 5.26 Å². The predicted molar refractivity (Wildman–Crippen MR) is 142 cm³/mol. The second-order valence-electron chi connectivity index (χ2n) is 7.76. The Morgan fingerprint density at radius 3 is 2.79 bits per heavy atom. The van der Waals surface area contributed by atoms with Crippen LogP contribution in [-0.4, -0.2) is 36.6 Å². The molecule has 1 fully saturated rings. The van der Waals surface area contributed by atoms with E-state index < -0.39 is 0 Å². The van der Waals surface area contributed by atoms with E-state index in [1.807, 2.05) is 54.6 Å². The fourth-order valence-electron chi connectivity index (χ4n) is 3.92. The Morgan fingerprint density at radius 1 is 1.21 bits per heavy atom. The summed E-state index contributed by atoms with van der Waals surface area (Å²) in [7, 11) is 0. The third-order valence-electron chi connectivity index (χ3n) is 5.44. The molecular weight excluding hydrogens is 527 g/mol. The molecule has 3 aromatic rings. The molecule has 0 spiro atoms. The summed E-state index contributed by atoms with van der Waals surface area (Å²) in [4.78, 5) is 11.6. The van der Waals surface area contributed by atoms with Crippen molar-refractivity contribution in [1.82, 2.24) is 15.6 Å². The van der Waals surface area contributed by atoms with Crippen LogP contribution in [0.2, 0.25) is 0 Å². The maximum atomic E-state index is 9.45. The standard InChI is InChI=1S/C25H28N6O.HI/c1-2-27-25(28-16-22-18-32-24(29-22)19-9-4-3-5-10-19)30-21-12-8-14-31(17-21)23-13-7-6-11-20(23)15-26;/h3-7,9-11,13,18,21H,2,8,12,14,16-17H2,1H3,(H2,27,28,30);1H. The van der Waals surface area contributed by atoms with Crippen molar-refractivity contribution in [3.05, 3.63) is 72.1 Å². The molecule has 1 unspecified atom stereocenters. The molecule has 8 heteroatoms. The van der Waals surface area contributed by atoms with E-state index in [0.717, 1.165) is 55.4 Å². The number of oxazole rings is 1. The zero-order valence-electron chi connectivity index (χ0n) is 18.7. The molecule has 0 radical (unpaired) electrons. The Kier molecular flexibility index (Phi) is 9.13. The van der Waals surface area contributed by atoms with Crippen molar-refractivity contribution in [1.29, 1.82) is 5.26 Å². The highest BCUT2D eigenvalue weighted by atomic mass is 127. The lowest BCUT2D eigenvalue weighted by Gasteiger charge is -2.35. The van der Waals surface area contributed by atoms with Crippen LogP contribution in [0.4, 0.5) is 5.69 Å². The normalized spacial score (nSPS) is 15.9. The molecule has 33 heavy (non-hydrogen) atoms. The van der Waals surface area contributed by atoms with Gasteiger partial charge in [0.15, 0.2) is 5.96 Å². The van der Waals surface area contributed by atoms with E-state index in [1.54, 1.807) is 6.26 Å². The van der Waals surface area contributed by atoms with Gasteiger partial charge in [0.05, 0.1) is 17.8 Å². The first kappa shape index (κ1) is 24.6. The van der Waals surface area contributed by atoms with Gasteiger partial charge in [0.1, 0.15) is 18.0 Å². The van der Waals surface area contributed by atoms with Gasteiger partial charge in [-0.25, -0.2) is 9.98 Å². The number of piperidine rings is 1. The summed E-state index contributed by atoms with van der Waals surface area (Å²) in [5.41, 5.74) is 3.45. The van der Waals surface area contributed by atoms with Crippen molar-refractivity contribution >= 4 is 35.6 Å². The Hall–Kier alpha value is -3.06. The van der Waals surface area contributed by atoms with Gasteiger partial charge in [-0.2, -0.15) is 5.26 Å². The predicted octanol–water partition coefficient (Wildman–Crippen LogP) is 4.56. The van der Waals surface area contributed by atoms with E-state index in [1.165, 1.54) is 0 Å². The van der Waals surface area contributed by atoms with Crippen LogP contribution in [0.5, 0.6) is 0 Å². The number of anilines is 1. The average molecular weight is 556 g/mol. The Labute approximate surface area is 211 Å². The van der Waals surface area contributed by atoms with Crippen LogP contribution in [0.15, 0.2) is 70.3 Å². The molecule has 1 aliphatic rings. The molecule has 1 atom stereocenters. The van der Waals surface area contributed by atoms with Crippen LogP contribution in [0.1, 0.15) is 31.0 Å². The van der Waals surface area contributed by atoms with Gasteiger partial charge in [-0.15, -0.1) is 24.0 Å². The quantitative estimate of drug-likeness (QED) is 0.263. The first-order chi connectivity index (χ1) is 15.8. The third kappa shape index (κ3) is 6.48. The summed E-state index contributed by atoms with van der Waals surface area (Å²) in [6.45, 7) is 5.03. The van der Waals surface area contributed by atoms with Crippen LogP contribution < -0.4 is 15.5 Å². The lowest BCUT2D eigenvalue weighted by Crippen LogP contribution is -2.51. The van der Waals surface area contributed by atoms with E-state index in [0.29, 0.717) is 18.0 Å². The number of nitrogens with zero attached hydrogens (tertiary/aromatic N) is 4. The summed E-state index contributed by atoms with van der Waals surface area (Å²) >= 11 is 0. The van der Waals surface area contributed by atoms with E-state index >= 15 is 0 Å². The summed E-state index contributed by atoms with van der Waals surface area (Å²) < 4.78 is 5.62. The molecule has 2 N–H and O–H groups in total. The van der Waals surface area contributed by atoms with Crippen molar-refractivity contribution in [2.75, 3.05) is 24.5 Å². The second kappa shape index (κ2) is 12.3. The molecule has 7 nitrogen and oxygen atoms in total. The molecule has 0 saturated carbocycles. The summed E-state index contributed by atoms with van der Waals surface area (Å²) in [6.07, 6.45) is 3.77. The molecule has 0 bridgehead atoms. The molecule has 1 aromatic heterocycles. The minimum atomic E-state index is 0. The van der Waals surface area contributed by atoms with Gasteiger partial charge in [-0.05, 0) is 44.0 Å². The number of aliphatic imine (C=N–C) groups is 1. The molecule has 172 valence electrons. The fourth-order valence-corrected chi connectivity index (χ4v) is 3.92. The zero-order valence-corrected chi connectivity index (χ0v) is 21.0. The summed E-state index contributed by atoms with van der Waals surface area (Å²) in [5, 5.41) is 16.3. The number of guanidine groups is 1. The molecular formula is C25H29IN6O. The Balaban J connectivity index is 0.00000306. The number of nitrogens with one attached hydrogen (secondary N) is 2. The van der Waals surface area contributed by atoms with Crippen LogP contribution in [0.25, 0.3) is 11.5 Å². The average Bonchev–Trinajstić information content (AvgIpc) is 3.32. The number of hydrogen-bond acceptors (Lipinski definition) is 5. The number of rotatable bonds is 6. The van der Waals surface area contributed by atoms with Crippen molar-refractivity contribution in [3.63, 3.8) is 0 Å². The maximum Gasteiger partial charge on any atom is 0.226 e. The molecule has 4 rings (SSSR count). The zero-order chi connectivity index (χ0) is 22.2. The smallest absolute Gasteiger partial charge is 0.226 e. The van der Waals surface area contributed by atoms with E-state index in [4.69, 9.17) is 9.41 Å². The minimum Gasteiger partial charge on any atom is -0.444 e. The highest BCUT2D eigenvalue weighted by Gasteiger charge is 2.22. The monoisotopic (exact) mass is 556 g/mol. The van der Waals surface area contributed by atoms with E-state index in [2.05, 4.69) is 33.5 Å². The van der Waals surface area contributed by atoms with Crippen molar-refractivity contribution in [2.45, 2.75) is 32.4 Å². The highest BCUT2D eigenvalue weighted by molar-refractivity contribution is 14.0. The number of aromatic nitrogens is 1. The van der Waals surface area contributed by atoms with Gasteiger partial charge in [0, 0.05) is 31.2 Å². The Bertz CT molecular complexity index is 1090. The first-order valence-electron chi connectivity index (χ1n) is 11.1. The number of halogens is 1. The first-order valence-corrected chi connectivity index (χ1v) is 11.1. The van der Waals surface area contributed by atoms with Gasteiger partial charge >= 0.3 is 0 Å². The van der Waals surface area contributed by atoms with Gasteiger partial charge in [-0.3, -0.25) is 0 Å². The van der Waals surface area contributed by atoms with Gasteiger partial charge in [-0.1, -0.05) is 30.3 Å². The largest absolute Gasteiger partial charge is 0.444 e. The van der Waals surface area contributed by atoms with Crippen LogP contribution in [0.3, 0.4) is 0 Å². The number of para-hydroxylation sites is 1. The van der Waals surface area contributed by atoms with Crippen LogP contribution in [-0.2, 0) is 6.54 Å². The van der Waals surface area contributed by atoms with Crippen molar-refractivity contribution in [2.24, 2.45) is 4.99 Å². The lowest BCUT2D eigenvalue weighted by molar-refractivity contribution is 0.468. The highest BCUT2D eigenvalue weighted by Crippen LogP contribution is 2.23. The topological polar surface area (TPSA) is 89.5 Å². The Morgan fingerprint density at radius 2 is 2.00 bits per heavy atom. The van der Waals surface area contributed by atoms with Crippen molar-refractivity contribution < 1.29 is 4.42 Å². The molecule has 0 aliphatic carbocycles. The van der Waals surface area contributed by atoms with Crippen LogP contribution in [0, 0.1) is 11.3 Å². The van der Waals surface area contributed by atoms with E-state index in [-0.39, 0.29) is 30.0 Å². The molecule has 0 amide bonds. The number of nitriles is 1. The minimum absolute atomic E-state index is 0. The SMILES string of the molecule is CCNC(=NCc1coc(-c2ccccc2)n1)NC1CCCN(c2ccccc2C#N)C1.I. The molecule has 2 aromatic carbocycles. The molecule has 2 heterocycles. The third-order valence-corrected chi connectivity index (χ3v) is 5.44. The maximum absolute atomic E-state index is 9.45. The number of benzene rings is 2. The fraction of sp³-hybridized carbons (Fsp3) is 0.320. The summed E-state index contributed by atoms with van der Waals surface area (Å²) in [6, 6.07) is 20.2. The summed E-state index contributed by atoms with van der Waals surface area (Å²) in [5.74, 6) is 1.37. The molecule has 1 saturated heterocycles. The lowest BCUT2D eigenvalue weighted by atomic mass is 10.0. The second-order valence-corrected chi connectivity index (χ2v) is 7.76. The molecule has 1 aliphatic heterocycles. The van der Waals surface area contributed by atoms with Gasteiger partial charge < -0.3 is 20.0 Å². The van der Waals surface area contributed by atoms with Gasteiger partial charge in [0.25, 0.3) is 0 Å². The number of hydrogen-bond donors (Lipinski definition) is 2. The van der Waals surface area contributed by atoms with Crippen LogP contribution >= 0.6 is 24.0 Å². The van der Waals surface area contributed by atoms with Gasteiger partial charge in [0.2, 0.25) is 5.89 Å².